The molecule has 6 nitrogen and oxygen atoms in total. The molecule has 0 aliphatic carbocycles. The van der Waals surface area contributed by atoms with E-state index in [1.807, 2.05) is 11.8 Å². The Bertz CT molecular complexity index is 515. The normalized spacial score (nSPS) is 21.9. The number of hydrogen-bond donors (Lipinski definition) is 2. The highest BCUT2D eigenvalue weighted by molar-refractivity contribution is 5.94. The van der Waals surface area contributed by atoms with Gasteiger partial charge in [0, 0.05) is 30.7 Å². The highest BCUT2D eigenvalue weighted by Crippen LogP contribution is 2.17. The Hall–Kier alpha value is -2.08. The van der Waals surface area contributed by atoms with Gasteiger partial charge >= 0.3 is 0 Å². The number of piperazine rings is 1. The van der Waals surface area contributed by atoms with Crippen LogP contribution >= 0.6 is 0 Å². The summed E-state index contributed by atoms with van der Waals surface area (Å²) < 4.78 is 5.18. The van der Waals surface area contributed by atoms with Crippen LogP contribution in [0.5, 0.6) is 5.75 Å². The fourth-order valence-corrected chi connectivity index (χ4v) is 2.36. The third kappa shape index (κ3) is 3.72. The number of primary amides is 1. The number of ether oxygens (including phenoxy) is 1. The smallest absolute Gasteiger partial charge is 0.255 e. The van der Waals surface area contributed by atoms with Gasteiger partial charge in [0.1, 0.15) is 5.75 Å². The average molecular weight is 291 g/mol. The van der Waals surface area contributed by atoms with E-state index in [1.165, 1.54) is 0 Å². The SMILES string of the molecule is CC1NCCN(C(=O)c2ccc(OCC(N)=O)cc2)C1C. The summed E-state index contributed by atoms with van der Waals surface area (Å²) in [6.07, 6.45) is 0. The van der Waals surface area contributed by atoms with E-state index in [4.69, 9.17) is 10.5 Å². The highest BCUT2D eigenvalue weighted by atomic mass is 16.5. The second kappa shape index (κ2) is 6.58. The van der Waals surface area contributed by atoms with Crippen molar-refractivity contribution in [3.63, 3.8) is 0 Å². The summed E-state index contributed by atoms with van der Waals surface area (Å²) in [7, 11) is 0. The van der Waals surface area contributed by atoms with Crippen molar-refractivity contribution >= 4 is 11.8 Å². The maximum atomic E-state index is 12.5. The maximum absolute atomic E-state index is 12.5. The second-order valence-corrected chi connectivity index (χ2v) is 5.26. The van der Waals surface area contributed by atoms with Crippen LogP contribution in [-0.4, -0.2) is 48.5 Å². The van der Waals surface area contributed by atoms with Crippen LogP contribution in [-0.2, 0) is 4.79 Å². The van der Waals surface area contributed by atoms with Crippen LogP contribution < -0.4 is 15.8 Å². The number of rotatable bonds is 4. The fraction of sp³-hybridized carbons (Fsp3) is 0.467. The molecule has 3 N–H and O–H groups in total. The molecule has 2 unspecified atom stereocenters. The zero-order chi connectivity index (χ0) is 15.4. The number of nitrogens with one attached hydrogen (secondary N) is 1. The molecule has 1 saturated heterocycles. The van der Waals surface area contributed by atoms with E-state index >= 15 is 0 Å². The van der Waals surface area contributed by atoms with Gasteiger partial charge in [-0.05, 0) is 38.1 Å². The summed E-state index contributed by atoms with van der Waals surface area (Å²) in [6.45, 7) is 5.45. The number of nitrogens with two attached hydrogens (primary N) is 1. The summed E-state index contributed by atoms with van der Waals surface area (Å²) in [4.78, 5) is 25.0. The molecule has 2 rings (SSSR count). The Labute approximate surface area is 124 Å². The molecule has 0 aromatic heterocycles. The standard InChI is InChI=1S/C15H21N3O3/c1-10-11(2)18(8-7-17-10)15(20)12-3-5-13(6-4-12)21-9-14(16)19/h3-6,10-11,17H,7-9H2,1-2H3,(H2,16,19). The molecule has 21 heavy (non-hydrogen) atoms. The second-order valence-electron chi connectivity index (χ2n) is 5.26. The van der Waals surface area contributed by atoms with Crippen LogP contribution in [0.15, 0.2) is 24.3 Å². The molecule has 1 aliphatic heterocycles. The first kappa shape index (κ1) is 15.3. The number of carbonyl (C=O) groups is 2. The molecule has 0 bridgehead atoms. The van der Waals surface area contributed by atoms with Gasteiger partial charge < -0.3 is 20.7 Å². The molecular weight excluding hydrogens is 270 g/mol. The van der Waals surface area contributed by atoms with Crippen molar-refractivity contribution in [2.75, 3.05) is 19.7 Å². The van der Waals surface area contributed by atoms with Crippen molar-refractivity contribution in [2.45, 2.75) is 25.9 Å². The van der Waals surface area contributed by atoms with Crippen molar-refractivity contribution in [3.8, 4) is 5.75 Å². The molecule has 6 heteroatoms. The topological polar surface area (TPSA) is 84.7 Å². The first-order chi connectivity index (χ1) is 9.99. The Balaban J connectivity index is 2.04. The van der Waals surface area contributed by atoms with Gasteiger partial charge in [0.05, 0.1) is 0 Å². The van der Waals surface area contributed by atoms with Gasteiger partial charge in [-0.15, -0.1) is 0 Å². The molecule has 1 fully saturated rings. The van der Waals surface area contributed by atoms with Gasteiger partial charge in [-0.1, -0.05) is 0 Å². The number of hydrogen-bond acceptors (Lipinski definition) is 4. The third-order valence-electron chi connectivity index (χ3n) is 3.78. The number of carbonyl (C=O) groups excluding carboxylic acids is 2. The zero-order valence-electron chi connectivity index (χ0n) is 12.3. The van der Waals surface area contributed by atoms with Crippen molar-refractivity contribution in [1.82, 2.24) is 10.2 Å². The van der Waals surface area contributed by atoms with Gasteiger partial charge in [0.2, 0.25) is 0 Å². The van der Waals surface area contributed by atoms with Gasteiger partial charge in [0.15, 0.2) is 6.61 Å². The molecule has 114 valence electrons. The van der Waals surface area contributed by atoms with E-state index in [-0.39, 0.29) is 24.6 Å². The number of amides is 2. The Kier molecular flexibility index (Phi) is 4.80. The number of benzene rings is 1. The van der Waals surface area contributed by atoms with E-state index in [0.717, 1.165) is 6.54 Å². The summed E-state index contributed by atoms with van der Waals surface area (Å²) in [5.41, 5.74) is 5.63. The van der Waals surface area contributed by atoms with Gasteiger partial charge in [-0.3, -0.25) is 9.59 Å². The monoisotopic (exact) mass is 291 g/mol. The van der Waals surface area contributed by atoms with Gasteiger partial charge in [-0.2, -0.15) is 0 Å². The van der Waals surface area contributed by atoms with E-state index in [0.29, 0.717) is 17.9 Å². The lowest BCUT2D eigenvalue weighted by Gasteiger charge is -2.38. The summed E-state index contributed by atoms with van der Waals surface area (Å²) >= 11 is 0. The predicted octanol–water partition coefficient (Wildman–Crippen LogP) is 0.373. The molecule has 0 spiro atoms. The van der Waals surface area contributed by atoms with Crippen molar-refractivity contribution in [1.29, 1.82) is 0 Å². The Morgan fingerprint density at radius 2 is 2.00 bits per heavy atom. The van der Waals surface area contributed by atoms with Crippen molar-refractivity contribution in [2.24, 2.45) is 5.73 Å². The van der Waals surface area contributed by atoms with E-state index in [9.17, 15) is 9.59 Å². The lowest BCUT2D eigenvalue weighted by atomic mass is 10.1. The van der Waals surface area contributed by atoms with Crippen LogP contribution in [0, 0.1) is 0 Å². The minimum absolute atomic E-state index is 0.0114. The van der Waals surface area contributed by atoms with Gasteiger partial charge in [0.25, 0.3) is 11.8 Å². The van der Waals surface area contributed by atoms with Crippen molar-refractivity contribution in [3.05, 3.63) is 29.8 Å². The molecule has 1 heterocycles. The summed E-state index contributed by atoms with van der Waals surface area (Å²) in [5, 5.41) is 3.35. The molecular formula is C15H21N3O3. The predicted molar refractivity (Wildman–Crippen MR) is 79.1 cm³/mol. The van der Waals surface area contributed by atoms with E-state index in [1.54, 1.807) is 24.3 Å². The minimum Gasteiger partial charge on any atom is -0.484 e. The van der Waals surface area contributed by atoms with Crippen LogP contribution in [0.3, 0.4) is 0 Å². The third-order valence-corrected chi connectivity index (χ3v) is 3.78. The Morgan fingerprint density at radius 1 is 1.33 bits per heavy atom. The number of nitrogens with zero attached hydrogens (tertiary/aromatic N) is 1. The van der Waals surface area contributed by atoms with Crippen LogP contribution in [0.4, 0.5) is 0 Å². The van der Waals surface area contributed by atoms with E-state index < -0.39 is 5.91 Å². The van der Waals surface area contributed by atoms with Crippen LogP contribution in [0.1, 0.15) is 24.2 Å². The summed E-state index contributed by atoms with van der Waals surface area (Å²) in [5.74, 6) is 0.00293. The first-order valence-corrected chi connectivity index (χ1v) is 7.04. The molecule has 1 aliphatic rings. The molecule has 0 radical (unpaired) electrons. The maximum Gasteiger partial charge on any atom is 0.255 e. The lowest BCUT2D eigenvalue weighted by Crippen LogP contribution is -2.57. The van der Waals surface area contributed by atoms with Crippen molar-refractivity contribution < 1.29 is 14.3 Å². The average Bonchev–Trinajstić information content (AvgIpc) is 2.48. The highest BCUT2D eigenvalue weighted by Gasteiger charge is 2.28. The zero-order valence-corrected chi connectivity index (χ0v) is 12.3. The molecule has 0 saturated carbocycles. The Morgan fingerprint density at radius 3 is 2.62 bits per heavy atom. The van der Waals surface area contributed by atoms with Gasteiger partial charge in [-0.25, -0.2) is 0 Å². The molecule has 1 aromatic carbocycles. The summed E-state index contributed by atoms with van der Waals surface area (Å²) in [6, 6.07) is 7.19. The molecule has 2 atom stereocenters. The van der Waals surface area contributed by atoms with Crippen LogP contribution in [0.25, 0.3) is 0 Å². The van der Waals surface area contributed by atoms with E-state index in [2.05, 4.69) is 12.2 Å². The fourth-order valence-electron chi connectivity index (χ4n) is 2.36. The van der Waals surface area contributed by atoms with Crippen LogP contribution in [0.2, 0.25) is 0 Å². The molecule has 2 amide bonds. The quantitative estimate of drug-likeness (QED) is 0.839. The minimum atomic E-state index is -0.529. The lowest BCUT2D eigenvalue weighted by molar-refractivity contribution is -0.119. The largest absolute Gasteiger partial charge is 0.484 e. The molecule has 1 aromatic rings. The first-order valence-electron chi connectivity index (χ1n) is 7.04.